The number of primary amides is 1. The highest BCUT2D eigenvalue weighted by Gasteiger charge is 2.28. The van der Waals surface area contributed by atoms with E-state index in [1.165, 1.54) is 0 Å². The Labute approximate surface area is 124 Å². The van der Waals surface area contributed by atoms with E-state index >= 15 is 0 Å². The molecule has 0 aromatic carbocycles. The van der Waals surface area contributed by atoms with Gasteiger partial charge in [-0.3, -0.25) is 4.79 Å². The van der Waals surface area contributed by atoms with E-state index in [2.05, 4.69) is 31.2 Å². The van der Waals surface area contributed by atoms with Crippen molar-refractivity contribution in [1.82, 2.24) is 0 Å². The first kappa shape index (κ1) is 19.2. The fourth-order valence-corrected chi connectivity index (χ4v) is 9.16. The molecule has 0 rings (SSSR count). The second kappa shape index (κ2) is 9.23. The normalized spacial score (nSPS) is 14.7. The highest BCUT2D eigenvalue weighted by Crippen LogP contribution is 2.26. The fraction of sp³-hybridized carbons (Fsp3) is 0.846. The van der Waals surface area contributed by atoms with Gasteiger partial charge in [0, 0.05) is 6.42 Å². The molecule has 0 aromatic heterocycles. The summed E-state index contributed by atoms with van der Waals surface area (Å²) in [5.41, 5.74) is 5.31. The number of carbonyl (C=O) groups is 1. The predicted octanol–water partition coefficient (Wildman–Crippen LogP) is 2.19. The van der Waals surface area contributed by atoms with Crippen LogP contribution in [0.1, 0.15) is 26.2 Å². The lowest BCUT2D eigenvalue weighted by atomic mass is 9.92. The lowest BCUT2D eigenvalue weighted by molar-refractivity contribution is -0.119. The van der Waals surface area contributed by atoms with Crippen molar-refractivity contribution < 1.29 is 13.7 Å². The van der Waals surface area contributed by atoms with Crippen LogP contribution in [0.3, 0.4) is 0 Å². The van der Waals surface area contributed by atoms with E-state index in [0.717, 1.165) is 18.9 Å². The van der Waals surface area contributed by atoms with E-state index in [0.29, 0.717) is 0 Å². The van der Waals surface area contributed by atoms with Crippen LogP contribution < -0.4 is 5.73 Å². The van der Waals surface area contributed by atoms with E-state index in [4.69, 9.17) is 9.85 Å². The van der Waals surface area contributed by atoms with Crippen LogP contribution in [-0.4, -0.2) is 35.4 Å². The summed E-state index contributed by atoms with van der Waals surface area (Å²) in [5.74, 6) is -0.323. The molecule has 0 saturated carbocycles. The Hall–Kier alpha value is -0.756. The zero-order chi connectivity index (χ0) is 15.8. The van der Waals surface area contributed by atoms with Crippen molar-refractivity contribution in [2.75, 3.05) is 0 Å². The molecule has 0 saturated heterocycles. The number of carbonyl (C=O) groups excluding carboxylic acids is 2. The standard InChI is InChI=1S/C13H28N2O3Si2/c1-6-12(15-10-16)11(9-13(14)17)7-8-20(4,5)18-19(2)3/h11-12,19H,6-9H2,1-5H3,(H2,14,17). The molecular weight excluding hydrogens is 288 g/mol. The maximum absolute atomic E-state index is 11.2. The Morgan fingerprint density at radius 3 is 2.45 bits per heavy atom. The van der Waals surface area contributed by atoms with Gasteiger partial charge in [-0.1, -0.05) is 6.92 Å². The molecular formula is C13H28N2O3Si2. The molecule has 0 fully saturated rings. The van der Waals surface area contributed by atoms with Crippen molar-refractivity contribution in [2.45, 2.75) is 64.5 Å². The molecule has 1 amide bonds. The zero-order valence-electron chi connectivity index (χ0n) is 13.3. The first-order valence-corrected chi connectivity index (χ1v) is 13.1. The van der Waals surface area contributed by atoms with Crippen molar-refractivity contribution in [3.05, 3.63) is 0 Å². The summed E-state index contributed by atoms with van der Waals surface area (Å²) >= 11 is 0. The summed E-state index contributed by atoms with van der Waals surface area (Å²) < 4.78 is 6.12. The molecule has 116 valence electrons. The van der Waals surface area contributed by atoms with Gasteiger partial charge in [0.1, 0.15) is 0 Å². The minimum absolute atomic E-state index is 0.0168. The van der Waals surface area contributed by atoms with E-state index in [9.17, 15) is 9.59 Å². The molecule has 0 bridgehead atoms. The summed E-state index contributed by atoms with van der Waals surface area (Å²) in [6.07, 6.45) is 3.43. The van der Waals surface area contributed by atoms with Crippen LogP contribution in [-0.2, 0) is 13.7 Å². The molecule has 0 radical (unpaired) electrons. The molecule has 2 atom stereocenters. The van der Waals surface area contributed by atoms with Crippen LogP contribution in [0.15, 0.2) is 4.99 Å². The van der Waals surface area contributed by atoms with Crippen molar-refractivity contribution in [3.63, 3.8) is 0 Å². The third-order valence-corrected chi connectivity index (χ3v) is 9.25. The van der Waals surface area contributed by atoms with Crippen molar-refractivity contribution in [2.24, 2.45) is 16.6 Å². The van der Waals surface area contributed by atoms with Crippen LogP contribution in [0.25, 0.3) is 0 Å². The molecule has 0 aliphatic rings. The number of amides is 1. The number of aliphatic imine (C=N–C) groups is 1. The molecule has 0 heterocycles. The van der Waals surface area contributed by atoms with Gasteiger partial charge >= 0.3 is 0 Å². The number of hydrogen-bond donors (Lipinski definition) is 1. The van der Waals surface area contributed by atoms with Crippen molar-refractivity contribution in [1.29, 1.82) is 0 Å². The van der Waals surface area contributed by atoms with Gasteiger partial charge in [0.25, 0.3) is 0 Å². The molecule has 0 aliphatic heterocycles. The predicted molar refractivity (Wildman–Crippen MR) is 86.4 cm³/mol. The Bertz CT molecular complexity index is 356. The van der Waals surface area contributed by atoms with Gasteiger partial charge in [0.05, 0.1) is 6.04 Å². The Balaban J connectivity index is 4.72. The van der Waals surface area contributed by atoms with Gasteiger partial charge in [-0.25, -0.2) is 9.79 Å². The third kappa shape index (κ3) is 8.42. The Morgan fingerprint density at radius 2 is 2.05 bits per heavy atom. The molecule has 20 heavy (non-hydrogen) atoms. The molecule has 0 aromatic rings. The summed E-state index contributed by atoms with van der Waals surface area (Å²) in [6.45, 7) is 10.7. The molecule has 2 unspecified atom stereocenters. The number of hydrogen-bond acceptors (Lipinski definition) is 4. The number of nitrogens with two attached hydrogens (primary N) is 1. The van der Waals surface area contributed by atoms with Gasteiger partial charge in [-0.15, -0.1) is 0 Å². The second-order valence-corrected chi connectivity index (χ2v) is 13.2. The first-order valence-electron chi connectivity index (χ1n) is 7.25. The summed E-state index contributed by atoms with van der Waals surface area (Å²) in [7, 11) is -2.74. The van der Waals surface area contributed by atoms with Gasteiger partial charge in [0.15, 0.2) is 17.4 Å². The molecule has 7 heteroatoms. The minimum atomic E-state index is -1.69. The average Bonchev–Trinajstić information content (AvgIpc) is 2.29. The second-order valence-electron chi connectivity index (χ2n) is 6.09. The smallest absolute Gasteiger partial charge is 0.235 e. The fourth-order valence-electron chi connectivity index (χ4n) is 2.52. The minimum Gasteiger partial charge on any atom is -0.458 e. The molecule has 2 N–H and O–H groups in total. The zero-order valence-corrected chi connectivity index (χ0v) is 15.5. The maximum atomic E-state index is 11.2. The molecule has 0 spiro atoms. The van der Waals surface area contributed by atoms with E-state index in [1.807, 2.05) is 6.92 Å². The number of rotatable bonds is 10. The monoisotopic (exact) mass is 316 g/mol. The summed E-state index contributed by atoms with van der Waals surface area (Å²) in [6, 6.07) is 0.794. The summed E-state index contributed by atoms with van der Waals surface area (Å²) in [5, 5.41) is 0. The van der Waals surface area contributed by atoms with E-state index in [1.54, 1.807) is 6.08 Å². The van der Waals surface area contributed by atoms with Gasteiger partial charge < -0.3 is 9.85 Å². The third-order valence-electron chi connectivity index (χ3n) is 3.32. The highest BCUT2D eigenvalue weighted by atomic mass is 28.4. The van der Waals surface area contributed by atoms with E-state index in [-0.39, 0.29) is 24.3 Å². The molecule has 0 aliphatic carbocycles. The lowest BCUT2D eigenvalue weighted by Gasteiger charge is -2.29. The lowest BCUT2D eigenvalue weighted by Crippen LogP contribution is -2.36. The number of nitrogens with zero attached hydrogens (tertiary/aromatic N) is 1. The van der Waals surface area contributed by atoms with Crippen LogP contribution in [0.2, 0.25) is 32.2 Å². The quantitative estimate of drug-likeness (QED) is 0.381. The number of isocyanates is 1. The average molecular weight is 317 g/mol. The van der Waals surface area contributed by atoms with Crippen LogP contribution in [0, 0.1) is 5.92 Å². The van der Waals surface area contributed by atoms with Crippen molar-refractivity contribution >= 4 is 29.3 Å². The van der Waals surface area contributed by atoms with Gasteiger partial charge in [-0.05, 0) is 51.0 Å². The van der Waals surface area contributed by atoms with Gasteiger partial charge in [0.2, 0.25) is 12.0 Å². The van der Waals surface area contributed by atoms with Crippen LogP contribution >= 0.6 is 0 Å². The Morgan fingerprint density at radius 1 is 1.45 bits per heavy atom. The maximum Gasteiger partial charge on any atom is 0.235 e. The largest absolute Gasteiger partial charge is 0.458 e. The van der Waals surface area contributed by atoms with E-state index < -0.39 is 17.4 Å². The molecule has 5 nitrogen and oxygen atoms in total. The Kier molecular flexibility index (Phi) is 8.88. The van der Waals surface area contributed by atoms with Crippen LogP contribution in [0.5, 0.6) is 0 Å². The topological polar surface area (TPSA) is 81.8 Å². The first-order chi connectivity index (χ1) is 9.21. The van der Waals surface area contributed by atoms with Crippen molar-refractivity contribution in [3.8, 4) is 0 Å². The summed E-state index contributed by atoms with van der Waals surface area (Å²) in [4.78, 5) is 25.5. The highest BCUT2D eigenvalue weighted by molar-refractivity contribution is 6.77. The van der Waals surface area contributed by atoms with Gasteiger partial charge in [-0.2, -0.15) is 0 Å². The van der Waals surface area contributed by atoms with Crippen LogP contribution in [0.4, 0.5) is 0 Å². The SMILES string of the molecule is CCC(N=C=O)C(CC[Si](C)(C)O[SiH](C)C)CC(N)=O.